The zero-order valence-corrected chi connectivity index (χ0v) is 11.2. The van der Waals surface area contributed by atoms with Gasteiger partial charge in [-0.25, -0.2) is 0 Å². The summed E-state index contributed by atoms with van der Waals surface area (Å²) in [6, 6.07) is 3.19. The Labute approximate surface area is 104 Å². The molecule has 4 nitrogen and oxygen atoms in total. The maximum atomic E-state index is 5.99. The van der Waals surface area contributed by atoms with Crippen LogP contribution in [-0.2, 0) is 20.0 Å². The van der Waals surface area contributed by atoms with E-state index in [1.807, 2.05) is 11.7 Å². The van der Waals surface area contributed by atoms with E-state index in [1.165, 1.54) is 11.4 Å². The highest BCUT2D eigenvalue weighted by molar-refractivity contribution is 5.10. The van der Waals surface area contributed by atoms with Crippen LogP contribution in [0.15, 0.2) is 6.07 Å². The number of hydrogen-bond acceptors (Lipinski definition) is 3. The van der Waals surface area contributed by atoms with E-state index in [-0.39, 0.29) is 0 Å². The van der Waals surface area contributed by atoms with Crippen LogP contribution in [0.4, 0.5) is 0 Å². The summed E-state index contributed by atoms with van der Waals surface area (Å²) in [6.07, 6.45) is 3.23. The van der Waals surface area contributed by atoms with E-state index in [9.17, 15) is 0 Å². The van der Waals surface area contributed by atoms with Crippen molar-refractivity contribution < 1.29 is 0 Å². The van der Waals surface area contributed by atoms with E-state index in [1.54, 1.807) is 0 Å². The van der Waals surface area contributed by atoms with Crippen LogP contribution in [0.25, 0.3) is 0 Å². The second-order valence-electron chi connectivity index (χ2n) is 5.21. The van der Waals surface area contributed by atoms with Crippen molar-refractivity contribution in [3.05, 3.63) is 17.5 Å². The zero-order valence-electron chi connectivity index (χ0n) is 11.2. The van der Waals surface area contributed by atoms with Gasteiger partial charge in [0.05, 0.1) is 11.4 Å². The third-order valence-electron chi connectivity index (χ3n) is 3.81. The molecule has 1 aliphatic heterocycles. The smallest absolute Gasteiger partial charge is 0.0625 e. The normalized spacial score (nSPS) is 26.4. The molecule has 96 valence electrons. The number of piperidine rings is 1. The van der Waals surface area contributed by atoms with Crippen molar-refractivity contribution in [2.24, 2.45) is 12.8 Å². The number of rotatable bonds is 3. The molecule has 1 aliphatic rings. The topological polar surface area (TPSA) is 47.1 Å². The lowest BCUT2D eigenvalue weighted by Gasteiger charge is -2.36. The molecule has 0 spiro atoms. The van der Waals surface area contributed by atoms with Crippen molar-refractivity contribution in [3.63, 3.8) is 0 Å². The number of nitrogens with zero attached hydrogens (tertiary/aromatic N) is 3. The van der Waals surface area contributed by atoms with Crippen molar-refractivity contribution in [3.8, 4) is 0 Å². The van der Waals surface area contributed by atoms with E-state index in [4.69, 9.17) is 5.73 Å². The van der Waals surface area contributed by atoms with Gasteiger partial charge in [0, 0.05) is 32.2 Å². The second-order valence-corrected chi connectivity index (χ2v) is 5.21. The molecule has 2 N–H and O–H groups in total. The van der Waals surface area contributed by atoms with Crippen LogP contribution in [0.1, 0.15) is 38.1 Å². The van der Waals surface area contributed by atoms with Crippen LogP contribution in [0.2, 0.25) is 0 Å². The van der Waals surface area contributed by atoms with Gasteiger partial charge >= 0.3 is 0 Å². The van der Waals surface area contributed by atoms with Crippen molar-refractivity contribution in [1.82, 2.24) is 14.7 Å². The molecule has 0 saturated carbocycles. The van der Waals surface area contributed by atoms with Gasteiger partial charge in [0.15, 0.2) is 0 Å². The SMILES string of the molecule is CCc1cc(CN2CCC(N)CC2C)n(C)n1. The van der Waals surface area contributed by atoms with Crippen LogP contribution in [0.5, 0.6) is 0 Å². The predicted octanol–water partition coefficient (Wildman–Crippen LogP) is 1.29. The lowest BCUT2D eigenvalue weighted by atomic mass is 9.99. The first-order valence-corrected chi connectivity index (χ1v) is 6.61. The summed E-state index contributed by atoms with van der Waals surface area (Å²) in [5, 5.41) is 4.50. The summed E-state index contributed by atoms with van der Waals surface area (Å²) in [5.74, 6) is 0. The molecular weight excluding hydrogens is 212 g/mol. The molecular formula is C13H24N4. The van der Waals surface area contributed by atoms with E-state index in [2.05, 4.69) is 29.9 Å². The Morgan fingerprint density at radius 1 is 1.53 bits per heavy atom. The van der Waals surface area contributed by atoms with Gasteiger partial charge in [-0.3, -0.25) is 9.58 Å². The monoisotopic (exact) mass is 236 g/mol. The standard InChI is InChI=1S/C13H24N4/c1-4-12-8-13(16(3)15-12)9-17-6-5-11(14)7-10(17)2/h8,10-11H,4-7,9,14H2,1-3H3. The Kier molecular flexibility index (Phi) is 3.84. The summed E-state index contributed by atoms with van der Waals surface area (Å²) >= 11 is 0. The molecule has 17 heavy (non-hydrogen) atoms. The Balaban J connectivity index is 2.02. The summed E-state index contributed by atoms with van der Waals surface area (Å²) in [6.45, 7) is 6.52. The first-order valence-electron chi connectivity index (χ1n) is 6.61. The summed E-state index contributed by atoms with van der Waals surface area (Å²) in [4.78, 5) is 2.51. The highest BCUT2D eigenvalue weighted by atomic mass is 15.3. The third-order valence-corrected chi connectivity index (χ3v) is 3.81. The maximum Gasteiger partial charge on any atom is 0.0625 e. The number of aromatic nitrogens is 2. The van der Waals surface area contributed by atoms with Crippen LogP contribution >= 0.6 is 0 Å². The predicted molar refractivity (Wildman–Crippen MR) is 69.7 cm³/mol. The molecule has 0 radical (unpaired) electrons. The number of nitrogens with two attached hydrogens (primary N) is 1. The van der Waals surface area contributed by atoms with Gasteiger partial charge in [0.25, 0.3) is 0 Å². The fraction of sp³-hybridized carbons (Fsp3) is 0.769. The minimum Gasteiger partial charge on any atom is -0.328 e. The lowest BCUT2D eigenvalue weighted by molar-refractivity contribution is 0.136. The van der Waals surface area contributed by atoms with Crippen LogP contribution in [0.3, 0.4) is 0 Å². The molecule has 1 aromatic heterocycles. The minimum absolute atomic E-state index is 0.388. The van der Waals surface area contributed by atoms with Gasteiger partial charge in [-0.15, -0.1) is 0 Å². The van der Waals surface area contributed by atoms with Crippen molar-refractivity contribution >= 4 is 0 Å². The number of aryl methyl sites for hydroxylation is 2. The van der Waals surface area contributed by atoms with E-state index in [0.29, 0.717) is 12.1 Å². The van der Waals surface area contributed by atoms with Crippen molar-refractivity contribution in [1.29, 1.82) is 0 Å². The molecule has 0 aromatic carbocycles. The molecule has 0 aliphatic carbocycles. The van der Waals surface area contributed by atoms with E-state index in [0.717, 1.165) is 32.4 Å². The summed E-state index contributed by atoms with van der Waals surface area (Å²) in [7, 11) is 2.04. The molecule has 1 fully saturated rings. The largest absolute Gasteiger partial charge is 0.328 e. The summed E-state index contributed by atoms with van der Waals surface area (Å²) < 4.78 is 2.01. The molecule has 2 unspecified atom stereocenters. The summed E-state index contributed by atoms with van der Waals surface area (Å²) in [5.41, 5.74) is 8.49. The first kappa shape index (κ1) is 12.6. The molecule has 2 heterocycles. The van der Waals surface area contributed by atoms with Gasteiger partial charge < -0.3 is 5.73 Å². The van der Waals surface area contributed by atoms with Gasteiger partial charge in [-0.1, -0.05) is 6.92 Å². The maximum absolute atomic E-state index is 5.99. The quantitative estimate of drug-likeness (QED) is 0.860. The highest BCUT2D eigenvalue weighted by Gasteiger charge is 2.23. The second kappa shape index (κ2) is 5.19. The zero-order chi connectivity index (χ0) is 12.4. The third kappa shape index (κ3) is 2.87. The van der Waals surface area contributed by atoms with Crippen molar-refractivity contribution in [2.75, 3.05) is 6.54 Å². The van der Waals surface area contributed by atoms with E-state index < -0.39 is 0 Å². The first-order chi connectivity index (χ1) is 8.10. The average Bonchev–Trinajstić information content (AvgIpc) is 2.64. The Morgan fingerprint density at radius 2 is 2.29 bits per heavy atom. The van der Waals surface area contributed by atoms with Crippen LogP contribution in [-0.4, -0.2) is 33.3 Å². The molecule has 2 atom stereocenters. The minimum atomic E-state index is 0.388. The van der Waals surface area contributed by atoms with E-state index >= 15 is 0 Å². The van der Waals surface area contributed by atoms with Crippen LogP contribution < -0.4 is 5.73 Å². The molecule has 1 saturated heterocycles. The Bertz CT molecular complexity index is 371. The van der Waals surface area contributed by atoms with Gasteiger partial charge in [0.1, 0.15) is 0 Å². The Morgan fingerprint density at radius 3 is 2.88 bits per heavy atom. The number of hydrogen-bond donors (Lipinski definition) is 1. The van der Waals surface area contributed by atoms with Gasteiger partial charge in [-0.05, 0) is 32.3 Å². The molecule has 1 aromatic rings. The molecule has 4 heteroatoms. The molecule has 2 rings (SSSR count). The number of likely N-dealkylation sites (tertiary alicyclic amines) is 1. The molecule has 0 amide bonds. The molecule has 0 bridgehead atoms. The highest BCUT2D eigenvalue weighted by Crippen LogP contribution is 2.19. The average molecular weight is 236 g/mol. The Hall–Kier alpha value is -0.870. The van der Waals surface area contributed by atoms with Gasteiger partial charge in [-0.2, -0.15) is 5.10 Å². The lowest BCUT2D eigenvalue weighted by Crippen LogP contribution is -2.45. The van der Waals surface area contributed by atoms with Crippen molar-refractivity contribution in [2.45, 2.75) is 51.7 Å². The van der Waals surface area contributed by atoms with Gasteiger partial charge in [0.2, 0.25) is 0 Å². The fourth-order valence-corrected chi connectivity index (χ4v) is 2.59. The fourth-order valence-electron chi connectivity index (χ4n) is 2.59. The van der Waals surface area contributed by atoms with Crippen LogP contribution in [0, 0.1) is 0 Å².